The third-order valence-electron chi connectivity index (χ3n) is 2.67. The molecule has 3 heterocycles. The highest BCUT2D eigenvalue weighted by Gasteiger charge is 2.16. The van der Waals surface area contributed by atoms with Crippen LogP contribution in [0.15, 0.2) is 41.1 Å². The Balaban J connectivity index is 2.30. The van der Waals surface area contributed by atoms with Crippen molar-refractivity contribution in [3.63, 3.8) is 0 Å². The van der Waals surface area contributed by atoms with Crippen molar-refractivity contribution in [1.82, 2.24) is 14.2 Å². The fraction of sp³-hybridized carbons (Fsp3) is 0.0833. The molecule has 5 nitrogen and oxygen atoms in total. The zero-order valence-corrected chi connectivity index (χ0v) is 10.3. The van der Waals surface area contributed by atoms with Gasteiger partial charge < -0.3 is 4.42 Å². The summed E-state index contributed by atoms with van der Waals surface area (Å²) in [7, 11) is 0. The fourth-order valence-electron chi connectivity index (χ4n) is 1.81. The van der Waals surface area contributed by atoms with Gasteiger partial charge in [0.25, 0.3) is 0 Å². The molecule has 0 radical (unpaired) electrons. The van der Waals surface area contributed by atoms with E-state index < -0.39 is 0 Å². The van der Waals surface area contributed by atoms with E-state index in [1.54, 1.807) is 22.8 Å². The lowest BCUT2D eigenvalue weighted by Crippen LogP contribution is -2.16. The summed E-state index contributed by atoms with van der Waals surface area (Å²) in [5.41, 5.74) is 1.62. The van der Waals surface area contributed by atoms with Crippen LogP contribution in [0.4, 0.5) is 0 Å². The monoisotopic (exact) mass is 259 g/mol. The van der Waals surface area contributed by atoms with Crippen LogP contribution in [0, 0.1) is 11.7 Å². The lowest BCUT2D eigenvalue weighted by atomic mass is 10.3. The van der Waals surface area contributed by atoms with Gasteiger partial charge in [0.1, 0.15) is 0 Å². The average molecular weight is 259 g/mol. The Kier molecular flexibility index (Phi) is 2.38. The smallest absolute Gasteiger partial charge is 0.315 e. The predicted octanol–water partition coefficient (Wildman–Crippen LogP) is 2.46. The van der Waals surface area contributed by atoms with Crippen LogP contribution >= 0.6 is 12.2 Å². The van der Waals surface area contributed by atoms with E-state index in [4.69, 9.17) is 16.6 Å². The van der Waals surface area contributed by atoms with Gasteiger partial charge in [-0.3, -0.25) is 4.79 Å². The van der Waals surface area contributed by atoms with Gasteiger partial charge in [0, 0.05) is 6.20 Å². The Hall–Kier alpha value is -2.21. The molecule has 0 aromatic carbocycles. The molecule has 0 saturated heterocycles. The molecular formula is C12H9N3O2S. The first-order valence-corrected chi connectivity index (χ1v) is 5.74. The minimum atomic E-state index is -0.330. The maximum atomic E-state index is 12.3. The summed E-state index contributed by atoms with van der Waals surface area (Å²) in [4.78, 5) is 16.5. The molecule has 6 heteroatoms. The van der Waals surface area contributed by atoms with E-state index in [1.165, 1.54) is 10.9 Å². The third kappa shape index (κ3) is 1.50. The van der Waals surface area contributed by atoms with E-state index in [1.807, 2.05) is 19.1 Å². The lowest BCUT2D eigenvalue weighted by molar-refractivity contribution is 0.0910. The largest absolute Gasteiger partial charge is 0.459 e. The molecule has 0 amide bonds. The van der Waals surface area contributed by atoms with Gasteiger partial charge in [0.15, 0.2) is 11.4 Å². The average Bonchev–Trinajstić information content (AvgIpc) is 2.96. The molecule has 0 atom stereocenters. The van der Waals surface area contributed by atoms with Crippen molar-refractivity contribution >= 4 is 23.8 Å². The number of furan rings is 1. The summed E-state index contributed by atoms with van der Waals surface area (Å²) in [5, 5.41) is 0. The highest BCUT2D eigenvalue weighted by molar-refractivity contribution is 7.71. The van der Waals surface area contributed by atoms with Gasteiger partial charge in [0.05, 0.1) is 6.26 Å². The predicted molar refractivity (Wildman–Crippen MR) is 67.2 cm³/mol. The van der Waals surface area contributed by atoms with Crippen LogP contribution in [0.3, 0.4) is 0 Å². The van der Waals surface area contributed by atoms with Crippen LogP contribution in [-0.2, 0) is 0 Å². The third-order valence-corrected chi connectivity index (χ3v) is 2.93. The number of aromatic nitrogens is 3. The van der Waals surface area contributed by atoms with E-state index in [-0.39, 0.29) is 16.4 Å². The second kappa shape index (κ2) is 3.92. The number of carbonyl (C=O) groups excluding carboxylic acids is 1. The maximum absolute atomic E-state index is 12.3. The van der Waals surface area contributed by atoms with Crippen molar-refractivity contribution in [3.8, 4) is 0 Å². The zero-order chi connectivity index (χ0) is 12.7. The van der Waals surface area contributed by atoms with Crippen LogP contribution in [0.25, 0.3) is 5.65 Å². The molecule has 3 aromatic heterocycles. The number of aryl methyl sites for hydroxylation is 1. The Bertz CT molecular complexity index is 783. The van der Waals surface area contributed by atoms with Gasteiger partial charge in [-0.25, -0.2) is 4.52 Å². The maximum Gasteiger partial charge on any atom is 0.315 e. The molecule has 0 unspecified atom stereocenters. The van der Waals surface area contributed by atoms with Crippen molar-refractivity contribution < 1.29 is 9.21 Å². The summed E-state index contributed by atoms with van der Waals surface area (Å²) in [6, 6.07) is 7.01. The number of hydrogen-bond donors (Lipinski definition) is 0. The van der Waals surface area contributed by atoms with E-state index in [0.29, 0.717) is 5.65 Å². The van der Waals surface area contributed by atoms with E-state index in [9.17, 15) is 4.79 Å². The highest BCUT2D eigenvalue weighted by atomic mass is 32.1. The van der Waals surface area contributed by atoms with Gasteiger partial charge in [-0.05, 0) is 42.9 Å². The van der Waals surface area contributed by atoms with Crippen LogP contribution in [0.5, 0.6) is 0 Å². The number of hydrogen-bond acceptors (Lipinski definition) is 4. The molecule has 0 N–H and O–H groups in total. The first kappa shape index (κ1) is 10.9. The molecule has 3 aromatic rings. The van der Waals surface area contributed by atoms with E-state index in [2.05, 4.69) is 4.98 Å². The minimum absolute atomic E-state index is 0.214. The molecule has 0 saturated carbocycles. The fourth-order valence-corrected chi connectivity index (χ4v) is 2.07. The van der Waals surface area contributed by atoms with Crippen LogP contribution in [0.1, 0.15) is 16.1 Å². The highest BCUT2D eigenvalue weighted by Crippen LogP contribution is 2.11. The first-order valence-electron chi connectivity index (χ1n) is 5.33. The molecule has 0 aliphatic carbocycles. The molecule has 3 rings (SSSR count). The standard InChI is InChI=1S/C12H9N3O2S/c1-8-4-2-6-14-10(8)13-12(18)15(14)11(16)9-5-3-7-17-9/h2-7H,1H3. The van der Waals surface area contributed by atoms with Gasteiger partial charge in [-0.1, -0.05) is 6.07 Å². The molecular weight excluding hydrogens is 250 g/mol. The van der Waals surface area contributed by atoms with Gasteiger partial charge in [-0.15, -0.1) is 0 Å². The van der Waals surface area contributed by atoms with Gasteiger partial charge >= 0.3 is 5.91 Å². The molecule has 0 bridgehead atoms. The lowest BCUT2D eigenvalue weighted by Gasteiger charge is -2.03. The molecule has 0 aliphatic heterocycles. The zero-order valence-electron chi connectivity index (χ0n) is 9.53. The number of nitrogens with zero attached hydrogens (tertiary/aromatic N) is 3. The van der Waals surface area contributed by atoms with Crippen LogP contribution < -0.4 is 0 Å². The van der Waals surface area contributed by atoms with Crippen LogP contribution in [0.2, 0.25) is 0 Å². The van der Waals surface area contributed by atoms with Crippen molar-refractivity contribution in [2.24, 2.45) is 0 Å². The summed E-state index contributed by atoms with van der Waals surface area (Å²) >= 11 is 5.13. The Morgan fingerprint density at radius 2 is 2.22 bits per heavy atom. The molecule has 0 aliphatic rings. The first-order chi connectivity index (χ1) is 8.68. The molecule has 18 heavy (non-hydrogen) atoms. The second-order valence-corrected chi connectivity index (χ2v) is 4.21. The van der Waals surface area contributed by atoms with Gasteiger partial charge in [-0.2, -0.15) is 9.67 Å². The summed E-state index contributed by atoms with van der Waals surface area (Å²) in [6.07, 6.45) is 3.19. The number of rotatable bonds is 1. The van der Waals surface area contributed by atoms with Crippen molar-refractivity contribution in [2.45, 2.75) is 6.92 Å². The number of carbonyl (C=O) groups is 1. The van der Waals surface area contributed by atoms with Crippen molar-refractivity contribution in [2.75, 3.05) is 0 Å². The van der Waals surface area contributed by atoms with Crippen LogP contribution in [-0.4, -0.2) is 20.1 Å². The second-order valence-electron chi connectivity index (χ2n) is 3.85. The Morgan fingerprint density at radius 1 is 1.39 bits per heavy atom. The topological polar surface area (TPSA) is 52.4 Å². The minimum Gasteiger partial charge on any atom is -0.459 e. The molecule has 90 valence electrons. The number of pyridine rings is 1. The quantitative estimate of drug-likeness (QED) is 0.630. The summed E-state index contributed by atoms with van der Waals surface area (Å²) in [5.74, 6) is -0.0995. The molecule has 0 fully saturated rings. The Labute approximate surface area is 107 Å². The summed E-state index contributed by atoms with van der Waals surface area (Å²) in [6.45, 7) is 1.92. The van der Waals surface area contributed by atoms with Gasteiger partial charge in [0.2, 0.25) is 4.77 Å². The normalized spacial score (nSPS) is 10.9. The number of fused-ring (bicyclic) bond motifs is 1. The van der Waals surface area contributed by atoms with Crippen molar-refractivity contribution in [3.05, 3.63) is 52.8 Å². The molecule has 0 spiro atoms. The summed E-state index contributed by atoms with van der Waals surface area (Å²) < 4.78 is 8.25. The van der Waals surface area contributed by atoms with E-state index >= 15 is 0 Å². The SMILES string of the molecule is Cc1cccn2c1nc(=S)n2C(=O)c1ccco1. The van der Waals surface area contributed by atoms with E-state index in [0.717, 1.165) is 5.56 Å². The Morgan fingerprint density at radius 3 is 2.94 bits per heavy atom. The van der Waals surface area contributed by atoms with Crippen molar-refractivity contribution in [1.29, 1.82) is 0 Å².